The molecule has 1 unspecified atom stereocenters. The predicted molar refractivity (Wildman–Crippen MR) is 107 cm³/mol. The summed E-state index contributed by atoms with van der Waals surface area (Å²) < 4.78 is 38.3. The Hall–Kier alpha value is -2.68. The molecule has 0 saturated carbocycles. The van der Waals surface area contributed by atoms with Crippen LogP contribution in [0.5, 0.6) is 11.5 Å². The number of hydrogen-bond donors (Lipinski definition) is 2. The highest BCUT2D eigenvalue weighted by Crippen LogP contribution is 2.37. The minimum atomic E-state index is -1.22. The largest absolute Gasteiger partial charge is 0.493 e. The number of nitrogens with one attached hydrogen (secondary N) is 2. The second-order valence-electron chi connectivity index (χ2n) is 6.03. The van der Waals surface area contributed by atoms with Gasteiger partial charge >= 0.3 is 0 Å². The summed E-state index contributed by atoms with van der Waals surface area (Å²) in [6, 6.07) is 4.77. The standard InChI is InChI=1S/C20H21BrF2N2O4/c1-4-7-29-18-13(21)8-12(10-16(18)28-3)19(26)25-17(20(27)24-2)11-5-6-14(22)15(23)9-11/h5-6,8-10,17H,4,7H2,1-3H3,(H,24,27)(H,25,26). The Bertz CT molecular complexity index is 908. The summed E-state index contributed by atoms with van der Waals surface area (Å²) in [7, 11) is 2.82. The minimum Gasteiger partial charge on any atom is -0.493 e. The maximum Gasteiger partial charge on any atom is 0.252 e. The Morgan fingerprint density at radius 2 is 1.90 bits per heavy atom. The van der Waals surface area contributed by atoms with E-state index in [1.54, 1.807) is 0 Å². The van der Waals surface area contributed by atoms with Crippen LogP contribution >= 0.6 is 15.9 Å². The summed E-state index contributed by atoms with van der Waals surface area (Å²) in [6.45, 7) is 2.43. The molecule has 0 heterocycles. The molecule has 0 spiro atoms. The fourth-order valence-corrected chi connectivity index (χ4v) is 3.10. The van der Waals surface area contributed by atoms with Crippen LogP contribution in [-0.4, -0.2) is 32.6 Å². The maximum absolute atomic E-state index is 13.6. The van der Waals surface area contributed by atoms with Crippen LogP contribution in [0.2, 0.25) is 0 Å². The van der Waals surface area contributed by atoms with Crippen LogP contribution in [-0.2, 0) is 4.79 Å². The molecule has 2 N–H and O–H groups in total. The third-order valence-corrected chi connectivity index (χ3v) is 4.59. The molecule has 0 radical (unpaired) electrons. The van der Waals surface area contributed by atoms with Gasteiger partial charge in [-0.15, -0.1) is 0 Å². The van der Waals surface area contributed by atoms with Crippen molar-refractivity contribution in [2.75, 3.05) is 20.8 Å². The molecular formula is C20H21BrF2N2O4. The number of likely N-dealkylation sites (N-methyl/N-ethyl adjacent to an activating group) is 1. The van der Waals surface area contributed by atoms with E-state index in [0.717, 1.165) is 18.6 Å². The van der Waals surface area contributed by atoms with Crippen molar-refractivity contribution in [3.05, 3.63) is 57.6 Å². The van der Waals surface area contributed by atoms with Crippen molar-refractivity contribution in [3.63, 3.8) is 0 Å². The highest BCUT2D eigenvalue weighted by molar-refractivity contribution is 9.10. The predicted octanol–water partition coefficient (Wildman–Crippen LogP) is 3.74. The molecule has 2 rings (SSSR count). The minimum absolute atomic E-state index is 0.102. The highest BCUT2D eigenvalue weighted by atomic mass is 79.9. The third kappa shape index (κ3) is 5.44. The molecule has 0 aliphatic heterocycles. The monoisotopic (exact) mass is 470 g/mol. The van der Waals surface area contributed by atoms with Crippen molar-refractivity contribution in [2.24, 2.45) is 0 Å². The summed E-state index contributed by atoms with van der Waals surface area (Å²) in [5.74, 6) is -2.57. The molecule has 2 aromatic carbocycles. The topological polar surface area (TPSA) is 76.7 Å². The van der Waals surface area contributed by atoms with Gasteiger partial charge < -0.3 is 20.1 Å². The molecule has 0 saturated heterocycles. The molecule has 6 nitrogen and oxygen atoms in total. The average molecular weight is 471 g/mol. The van der Waals surface area contributed by atoms with Gasteiger partial charge in [-0.25, -0.2) is 8.78 Å². The highest BCUT2D eigenvalue weighted by Gasteiger charge is 2.25. The smallest absolute Gasteiger partial charge is 0.252 e. The fourth-order valence-electron chi connectivity index (χ4n) is 2.55. The molecule has 0 bridgehead atoms. The van der Waals surface area contributed by atoms with Gasteiger partial charge in [-0.1, -0.05) is 13.0 Å². The summed E-state index contributed by atoms with van der Waals surface area (Å²) in [5.41, 5.74) is 0.291. The lowest BCUT2D eigenvalue weighted by molar-refractivity contribution is -0.122. The lowest BCUT2D eigenvalue weighted by atomic mass is 10.0. The first kappa shape index (κ1) is 22.6. The van der Waals surface area contributed by atoms with Crippen molar-refractivity contribution >= 4 is 27.7 Å². The van der Waals surface area contributed by atoms with Crippen molar-refractivity contribution < 1.29 is 27.8 Å². The van der Waals surface area contributed by atoms with Crippen LogP contribution in [0.1, 0.15) is 35.3 Å². The third-order valence-electron chi connectivity index (χ3n) is 4.00. The number of rotatable bonds is 8. The molecule has 1 atom stereocenters. The van der Waals surface area contributed by atoms with E-state index in [1.165, 1.54) is 32.4 Å². The Kier molecular flexibility index (Phi) is 7.95. The number of ether oxygens (including phenoxy) is 2. The van der Waals surface area contributed by atoms with Gasteiger partial charge in [-0.3, -0.25) is 9.59 Å². The fraction of sp³-hybridized carbons (Fsp3) is 0.300. The number of methoxy groups -OCH3 is 1. The van der Waals surface area contributed by atoms with E-state index in [4.69, 9.17) is 9.47 Å². The molecule has 156 valence electrons. The van der Waals surface area contributed by atoms with Gasteiger partial charge in [0.15, 0.2) is 23.1 Å². The van der Waals surface area contributed by atoms with Gasteiger partial charge in [0.25, 0.3) is 5.91 Å². The molecule has 0 aliphatic rings. The summed E-state index contributed by atoms with van der Waals surface area (Å²) in [6.07, 6.45) is 0.792. The molecular weight excluding hydrogens is 450 g/mol. The molecule has 29 heavy (non-hydrogen) atoms. The van der Waals surface area contributed by atoms with Gasteiger partial charge in [0.05, 0.1) is 18.2 Å². The van der Waals surface area contributed by atoms with Crippen molar-refractivity contribution in [1.29, 1.82) is 0 Å². The Morgan fingerprint density at radius 1 is 1.17 bits per heavy atom. The lowest BCUT2D eigenvalue weighted by Gasteiger charge is -2.19. The van der Waals surface area contributed by atoms with Gasteiger partial charge in [0.1, 0.15) is 6.04 Å². The van der Waals surface area contributed by atoms with Crippen LogP contribution in [0.3, 0.4) is 0 Å². The van der Waals surface area contributed by atoms with Crippen molar-refractivity contribution in [2.45, 2.75) is 19.4 Å². The zero-order chi connectivity index (χ0) is 21.6. The first-order valence-corrected chi connectivity index (χ1v) is 9.59. The zero-order valence-corrected chi connectivity index (χ0v) is 17.7. The quantitative estimate of drug-likeness (QED) is 0.615. The zero-order valence-electron chi connectivity index (χ0n) is 16.1. The Balaban J connectivity index is 2.35. The molecule has 0 aromatic heterocycles. The van der Waals surface area contributed by atoms with E-state index in [-0.39, 0.29) is 11.1 Å². The summed E-state index contributed by atoms with van der Waals surface area (Å²) in [4.78, 5) is 25.0. The van der Waals surface area contributed by atoms with Gasteiger partial charge in [-0.2, -0.15) is 0 Å². The first-order valence-electron chi connectivity index (χ1n) is 8.80. The van der Waals surface area contributed by atoms with E-state index in [0.29, 0.717) is 22.6 Å². The molecule has 9 heteroatoms. The number of hydrogen-bond acceptors (Lipinski definition) is 4. The van der Waals surface area contributed by atoms with Gasteiger partial charge in [0, 0.05) is 12.6 Å². The number of halogens is 3. The second kappa shape index (κ2) is 10.2. The first-order chi connectivity index (χ1) is 13.8. The van der Waals surface area contributed by atoms with Crippen LogP contribution in [0, 0.1) is 11.6 Å². The van der Waals surface area contributed by atoms with Crippen LogP contribution < -0.4 is 20.1 Å². The van der Waals surface area contributed by atoms with Gasteiger partial charge in [0.2, 0.25) is 5.91 Å². The molecule has 2 amide bonds. The van der Waals surface area contributed by atoms with E-state index < -0.39 is 29.5 Å². The molecule has 0 fully saturated rings. The summed E-state index contributed by atoms with van der Waals surface area (Å²) >= 11 is 3.35. The molecule has 0 aliphatic carbocycles. The van der Waals surface area contributed by atoms with E-state index in [2.05, 4.69) is 26.6 Å². The Morgan fingerprint density at radius 3 is 2.48 bits per heavy atom. The SMILES string of the molecule is CCCOc1c(Br)cc(C(=O)NC(C(=O)NC)c2ccc(F)c(F)c2)cc1OC. The van der Waals surface area contributed by atoms with E-state index >= 15 is 0 Å². The van der Waals surface area contributed by atoms with Gasteiger partial charge in [-0.05, 0) is 52.2 Å². The average Bonchev–Trinajstić information content (AvgIpc) is 2.71. The lowest BCUT2D eigenvalue weighted by Crippen LogP contribution is -2.39. The maximum atomic E-state index is 13.6. The van der Waals surface area contributed by atoms with Crippen LogP contribution in [0.25, 0.3) is 0 Å². The summed E-state index contributed by atoms with van der Waals surface area (Å²) in [5, 5.41) is 4.93. The number of amides is 2. The van der Waals surface area contributed by atoms with Crippen molar-refractivity contribution in [3.8, 4) is 11.5 Å². The molecule has 2 aromatic rings. The van der Waals surface area contributed by atoms with E-state index in [1.807, 2.05) is 6.92 Å². The normalized spacial score (nSPS) is 11.5. The van der Waals surface area contributed by atoms with Crippen LogP contribution in [0.15, 0.2) is 34.8 Å². The number of benzene rings is 2. The second-order valence-corrected chi connectivity index (χ2v) is 6.89. The Labute approximate surface area is 175 Å². The number of carbonyl (C=O) groups excluding carboxylic acids is 2. The van der Waals surface area contributed by atoms with E-state index in [9.17, 15) is 18.4 Å². The number of carbonyl (C=O) groups is 2. The van der Waals surface area contributed by atoms with Crippen molar-refractivity contribution in [1.82, 2.24) is 10.6 Å². The van der Waals surface area contributed by atoms with Crippen LogP contribution in [0.4, 0.5) is 8.78 Å².